The van der Waals surface area contributed by atoms with E-state index in [1.54, 1.807) is 0 Å². The van der Waals surface area contributed by atoms with E-state index in [1.807, 2.05) is 4.90 Å². The van der Waals surface area contributed by atoms with Crippen molar-refractivity contribution in [1.29, 1.82) is 0 Å². The fourth-order valence-electron chi connectivity index (χ4n) is 3.65. The number of carbonyl (C=O) groups excluding carboxylic acids is 1. The molecule has 0 bridgehead atoms. The van der Waals surface area contributed by atoms with Crippen LogP contribution in [-0.4, -0.2) is 23.9 Å². The summed E-state index contributed by atoms with van der Waals surface area (Å²) in [7, 11) is 0. The Labute approximate surface area is 130 Å². The van der Waals surface area contributed by atoms with Gasteiger partial charge in [-0.2, -0.15) is 0 Å². The number of hydrogen-bond acceptors (Lipinski definition) is 2. The van der Waals surface area contributed by atoms with E-state index >= 15 is 0 Å². The smallest absolute Gasteiger partial charge is 0.223 e. The molecule has 1 aromatic rings. The Morgan fingerprint density at radius 3 is 2.91 bits per heavy atom. The maximum atomic E-state index is 12.2. The molecule has 3 rings (SSSR count). The van der Waals surface area contributed by atoms with Crippen LogP contribution in [0.4, 0.5) is 0 Å². The molecular formula is C17H22N4O. The van der Waals surface area contributed by atoms with Crippen molar-refractivity contribution in [3.8, 4) is 0 Å². The SMILES string of the molecule is CC(c1ccc2c(c1)CCCC2)N1CC(CN=[N+]=[N-])CC1=O. The van der Waals surface area contributed by atoms with Crippen LogP contribution in [0.25, 0.3) is 10.4 Å². The number of rotatable bonds is 4. The minimum absolute atomic E-state index is 0.0933. The van der Waals surface area contributed by atoms with Crippen molar-refractivity contribution in [2.24, 2.45) is 11.0 Å². The first kappa shape index (κ1) is 14.9. The molecule has 2 atom stereocenters. The van der Waals surface area contributed by atoms with E-state index in [4.69, 9.17) is 5.53 Å². The Morgan fingerprint density at radius 2 is 2.14 bits per heavy atom. The summed E-state index contributed by atoms with van der Waals surface area (Å²) in [5.74, 6) is 0.326. The fourth-order valence-corrected chi connectivity index (χ4v) is 3.65. The number of benzene rings is 1. The van der Waals surface area contributed by atoms with Gasteiger partial charge in [0.1, 0.15) is 0 Å². The Morgan fingerprint density at radius 1 is 1.36 bits per heavy atom. The van der Waals surface area contributed by atoms with Gasteiger partial charge < -0.3 is 4.90 Å². The lowest BCUT2D eigenvalue weighted by Crippen LogP contribution is -2.29. The van der Waals surface area contributed by atoms with Gasteiger partial charge in [-0.05, 0) is 60.7 Å². The van der Waals surface area contributed by atoms with Crippen LogP contribution < -0.4 is 0 Å². The molecule has 0 aromatic heterocycles. The van der Waals surface area contributed by atoms with Gasteiger partial charge in [-0.1, -0.05) is 23.3 Å². The third-order valence-electron chi connectivity index (χ3n) is 4.96. The zero-order valence-electron chi connectivity index (χ0n) is 13.0. The summed E-state index contributed by atoms with van der Waals surface area (Å²) in [6.45, 7) is 3.20. The van der Waals surface area contributed by atoms with E-state index in [-0.39, 0.29) is 17.9 Å². The molecule has 1 fully saturated rings. The molecule has 0 N–H and O–H groups in total. The van der Waals surface area contributed by atoms with Crippen LogP contribution in [0.2, 0.25) is 0 Å². The van der Waals surface area contributed by atoms with Crippen molar-refractivity contribution < 1.29 is 4.79 Å². The average molecular weight is 298 g/mol. The molecule has 1 saturated heterocycles. The standard InChI is InChI=1S/C17H22N4O/c1-12(21-11-13(8-17(21)22)10-19-20-18)15-7-6-14-4-2-3-5-16(14)9-15/h6-7,9,12-13H,2-5,8,10-11H2,1H3. The molecule has 5 nitrogen and oxygen atoms in total. The highest BCUT2D eigenvalue weighted by atomic mass is 16.2. The summed E-state index contributed by atoms with van der Waals surface area (Å²) in [6, 6.07) is 6.78. The van der Waals surface area contributed by atoms with Crippen molar-refractivity contribution in [1.82, 2.24) is 4.90 Å². The minimum atomic E-state index is 0.0933. The summed E-state index contributed by atoms with van der Waals surface area (Å²) < 4.78 is 0. The molecule has 1 aliphatic carbocycles. The second-order valence-electron chi connectivity index (χ2n) is 6.44. The van der Waals surface area contributed by atoms with Crippen molar-refractivity contribution in [2.75, 3.05) is 13.1 Å². The maximum Gasteiger partial charge on any atom is 0.223 e. The third-order valence-corrected chi connectivity index (χ3v) is 4.96. The van der Waals surface area contributed by atoms with Gasteiger partial charge in [0.2, 0.25) is 5.91 Å². The monoisotopic (exact) mass is 298 g/mol. The van der Waals surface area contributed by atoms with E-state index in [2.05, 4.69) is 35.1 Å². The number of fused-ring (bicyclic) bond motifs is 1. The highest BCUT2D eigenvalue weighted by Gasteiger charge is 2.32. The summed E-state index contributed by atoms with van der Waals surface area (Å²) in [5.41, 5.74) is 12.6. The molecule has 1 amide bonds. The van der Waals surface area contributed by atoms with Gasteiger partial charge >= 0.3 is 0 Å². The molecular weight excluding hydrogens is 276 g/mol. The summed E-state index contributed by atoms with van der Waals surface area (Å²) in [6.07, 6.45) is 5.38. The van der Waals surface area contributed by atoms with E-state index in [0.717, 1.165) is 6.42 Å². The van der Waals surface area contributed by atoms with Gasteiger partial charge in [-0.15, -0.1) is 0 Å². The lowest BCUT2D eigenvalue weighted by Gasteiger charge is -2.27. The van der Waals surface area contributed by atoms with Crippen LogP contribution in [-0.2, 0) is 17.6 Å². The highest BCUT2D eigenvalue weighted by molar-refractivity contribution is 5.79. The van der Waals surface area contributed by atoms with Gasteiger partial charge in [-0.3, -0.25) is 4.79 Å². The van der Waals surface area contributed by atoms with Gasteiger partial charge in [0.15, 0.2) is 0 Å². The molecule has 2 unspecified atom stereocenters. The zero-order valence-corrected chi connectivity index (χ0v) is 13.0. The first-order valence-corrected chi connectivity index (χ1v) is 8.11. The topological polar surface area (TPSA) is 69.1 Å². The summed E-state index contributed by atoms with van der Waals surface area (Å²) in [4.78, 5) is 17.0. The number of hydrogen-bond donors (Lipinski definition) is 0. The van der Waals surface area contributed by atoms with Crippen LogP contribution in [0.15, 0.2) is 23.3 Å². The fraction of sp³-hybridized carbons (Fsp3) is 0.588. The van der Waals surface area contributed by atoms with Crippen LogP contribution in [0.3, 0.4) is 0 Å². The van der Waals surface area contributed by atoms with E-state index in [0.29, 0.717) is 19.5 Å². The van der Waals surface area contributed by atoms with E-state index in [9.17, 15) is 4.79 Å². The minimum Gasteiger partial charge on any atom is -0.336 e. The maximum absolute atomic E-state index is 12.2. The van der Waals surface area contributed by atoms with Crippen LogP contribution in [0, 0.1) is 5.92 Å². The van der Waals surface area contributed by atoms with Crippen molar-refractivity contribution in [3.63, 3.8) is 0 Å². The molecule has 0 saturated carbocycles. The molecule has 0 spiro atoms. The molecule has 116 valence electrons. The predicted octanol–water partition coefficient (Wildman–Crippen LogP) is 3.79. The zero-order chi connectivity index (χ0) is 15.5. The lowest BCUT2D eigenvalue weighted by atomic mass is 9.89. The highest BCUT2D eigenvalue weighted by Crippen LogP contribution is 2.31. The molecule has 22 heavy (non-hydrogen) atoms. The average Bonchev–Trinajstić information content (AvgIpc) is 2.92. The number of nitrogens with zero attached hydrogens (tertiary/aromatic N) is 4. The van der Waals surface area contributed by atoms with Crippen molar-refractivity contribution in [3.05, 3.63) is 45.3 Å². The predicted molar refractivity (Wildman–Crippen MR) is 85.3 cm³/mol. The Bertz CT molecular complexity index is 621. The van der Waals surface area contributed by atoms with Gasteiger partial charge in [0.05, 0.1) is 6.04 Å². The molecule has 1 heterocycles. The van der Waals surface area contributed by atoms with Gasteiger partial charge in [0, 0.05) is 24.4 Å². The van der Waals surface area contributed by atoms with Crippen molar-refractivity contribution >= 4 is 5.91 Å². The summed E-state index contributed by atoms with van der Waals surface area (Å²) >= 11 is 0. The molecule has 1 aliphatic heterocycles. The number of amides is 1. The Kier molecular flexibility index (Phi) is 4.34. The first-order valence-electron chi connectivity index (χ1n) is 8.11. The number of carbonyl (C=O) groups is 1. The second-order valence-corrected chi connectivity index (χ2v) is 6.44. The number of azide groups is 1. The molecule has 0 radical (unpaired) electrons. The summed E-state index contributed by atoms with van der Waals surface area (Å²) in [5, 5.41) is 3.61. The number of likely N-dealkylation sites (tertiary alicyclic amines) is 1. The first-order chi connectivity index (χ1) is 10.7. The molecule has 5 heteroatoms. The number of aryl methyl sites for hydroxylation is 2. The van der Waals surface area contributed by atoms with Gasteiger partial charge in [0.25, 0.3) is 0 Å². The van der Waals surface area contributed by atoms with E-state index < -0.39 is 0 Å². The Hall–Kier alpha value is -2.00. The second kappa shape index (κ2) is 6.41. The van der Waals surface area contributed by atoms with Crippen LogP contribution in [0.1, 0.15) is 48.9 Å². The Balaban J connectivity index is 1.74. The quantitative estimate of drug-likeness (QED) is 0.473. The van der Waals surface area contributed by atoms with E-state index in [1.165, 1.54) is 36.0 Å². The molecule has 2 aliphatic rings. The normalized spacial score (nSPS) is 22.1. The third kappa shape index (κ3) is 2.95. The lowest BCUT2D eigenvalue weighted by molar-refractivity contribution is -0.129. The van der Waals surface area contributed by atoms with Crippen LogP contribution in [0.5, 0.6) is 0 Å². The molecule has 1 aromatic carbocycles. The van der Waals surface area contributed by atoms with Gasteiger partial charge in [-0.25, -0.2) is 0 Å². The van der Waals surface area contributed by atoms with Crippen LogP contribution >= 0.6 is 0 Å². The largest absolute Gasteiger partial charge is 0.336 e. The van der Waals surface area contributed by atoms with Crippen molar-refractivity contribution in [2.45, 2.75) is 45.1 Å².